The molecule has 0 aliphatic carbocycles. The molecule has 8 nitrogen and oxygen atoms in total. The minimum Gasteiger partial charge on any atom is -0.486 e. The van der Waals surface area contributed by atoms with E-state index in [4.69, 9.17) is 22.7 Å². The predicted molar refractivity (Wildman–Crippen MR) is 130 cm³/mol. The average Bonchev–Trinajstić information content (AvgIpc) is 3.23. The van der Waals surface area contributed by atoms with Crippen molar-refractivity contribution in [1.29, 1.82) is 0 Å². The Hall–Kier alpha value is -3.73. The molecule has 1 saturated heterocycles. The SMILES string of the molecule is O=CC(F)(F)F.[C-]#[N+]c1ccc(O[C@H]2CN(S(=O)(=O)c3ccc(C(F)(F)F)cc3[N+]#[C-])C[C@@]2(O)CCCC)cc1F. The lowest BCUT2D eigenvalue weighted by molar-refractivity contribution is -0.156. The molecular formula is C25H22F7N3O5S. The van der Waals surface area contributed by atoms with E-state index < -0.39 is 68.9 Å². The number of benzene rings is 2. The third-order valence-electron chi connectivity index (χ3n) is 5.86. The molecule has 1 aliphatic heterocycles. The number of β-amino-alcohol motifs (C(OH)–C–C–N with tert-alkyl or cyclic N) is 1. The van der Waals surface area contributed by atoms with Crippen LogP contribution in [0.5, 0.6) is 5.75 Å². The van der Waals surface area contributed by atoms with Crippen molar-refractivity contribution in [2.24, 2.45) is 0 Å². The maximum atomic E-state index is 14.0. The molecule has 0 bridgehead atoms. The van der Waals surface area contributed by atoms with Crippen LogP contribution in [0, 0.1) is 19.0 Å². The highest BCUT2D eigenvalue weighted by atomic mass is 32.2. The molecule has 1 aliphatic rings. The van der Waals surface area contributed by atoms with Gasteiger partial charge in [-0.2, -0.15) is 30.6 Å². The fraction of sp³-hybridized carbons (Fsp3) is 0.400. The molecule has 0 saturated carbocycles. The molecule has 2 atom stereocenters. The number of hydrogen-bond donors (Lipinski definition) is 1. The van der Waals surface area contributed by atoms with E-state index >= 15 is 0 Å². The normalized spacial score (nSPS) is 19.4. The average molecular weight is 610 g/mol. The smallest absolute Gasteiger partial charge is 0.446 e. The molecule has 1 heterocycles. The van der Waals surface area contributed by atoms with Crippen molar-refractivity contribution in [2.75, 3.05) is 13.1 Å². The predicted octanol–water partition coefficient (Wildman–Crippen LogP) is 6.07. The van der Waals surface area contributed by atoms with Gasteiger partial charge in [-0.1, -0.05) is 31.9 Å². The minimum absolute atomic E-state index is 0.0227. The van der Waals surface area contributed by atoms with Crippen LogP contribution < -0.4 is 4.74 Å². The van der Waals surface area contributed by atoms with Crippen LogP contribution in [0.15, 0.2) is 41.3 Å². The molecule has 2 aromatic carbocycles. The van der Waals surface area contributed by atoms with Gasteiger partial charge >= 0.3 is 12.4 Å². The zero-order valence-corrected chi connectivity index (χ0v) is 21.9. The molecule has 0 unspecified atom stereocenters. The van der Waals surface area contributed by atoms with E-state index in [-0.39, 0.29) is 24.4 Å². The van der Waals surface area contributed by atoms with Crippen molar-refractivity contribution in [3.8, 4) is 5.75 Å². The first-order valence-corrected chi connectivity index (χ1v) is 13.0. The molecule has 1 fully saturated rings. The first-order chi connectivity index (χ1) is 18.9. The number of hydrogen-bond acceptors (Lipinski definition) is 5. The van der Waals surface area contributed by atoms with Gasteiger partial charge in [-0.3, -0.25) is 4.79 Å². The lowest BCUT2D eigenvalue weighted by Gasteiger charge is -2.29. The van der Waals surface area contributed by atoms with E-state index in [1.54, 1.807) is 0 Å². The Kier molecular flexibility index (Phi) is 10.5. The number of nitrogens with zero attached hydrogens (tertiary/aromatic N) is 3. The molecule has 0 spiro atoms. The van der Waals surface area contributed by atoms with Gasteiger partial charge in [0.15, 0.2) is 0 Å². The molecule has 0 aromatic heterocycles. The van der Waals surface area contributed by atoms with Crippen LogP contribution in [0.4, 0.5) is 42.1 Å². The Morgan fingerprint density at radius 3 is 2.20 bits per heavy atom. The molecule has 3 rings (SSSR count). The molecule has 41 heavy (non-hydrogen) atoms. The van der Waals surface area contributed by atoms with E-state index in [0.717, 1.165) is 16.4 Å². The van der Waals surface area contributed by atoms with Gasteiger partial charge in [0.1, 0.15) is 23.3 Å². The summed E-state index contributed by atoms with van der Waals surface area (Å²) in [5, 5.41) is 11.3. The van der Waals surface area contributed by atoms with Crippen molar-refractivity contribution in [2.45, 2.75) is 55.1 Å². The van der Waals surface area contributed by atoms with Crippen molar-refractivity contribution < 1.29 is 53.8 Å². The number of unbranched alkanes of at least 4 members (excludes halogenated alkanes) is 1. The van der Waals surface area contributed by atoms with Gasteiger partial charge in [0, 0.05) is 18.2 Å². The molecular weight excluding hydrogens is 587 g/mol. The molecule has 222 valence electrons. The Balaban J connectivity index is 0.000000883. The summed E-state index contributed by atoms with van der Waals surface area (Å²) in [6.07, 6.45) is -10.3. The van der Waals surface area contributed by atoms with E-state index in [9.17, 15) is 44.3 Å². The maximum absolute atomic E-state index is 14.0. The zero-order valence-electron chi connectivity index (χ0n) is 21.1. The quantitative estimate of drug-likeness (QED) is 0.234. The van der Waals surface area contributed by atoms with Gasteiger partial charge in [-0.25, -0.2) is 22.5 Å². The number of aliphatic hydroxyl groups is 1. The third-order valence-corrected chi connectivity index (χ3v) is 7.72. The van der Waals surface area contributed by atoms with E-state index in [2.05, 4.69) is 9.69 Å². The second-order valence-electron chi connectivity index (χ2n) is 8.79. The highest BCUT2D eigenvalue weighted by Gasteiger charge is 2.51. The second kappa shape index (κ2) is 12.8. The first-order valence-electron chi connectivity index (χ1n) is 11.6. The van der Waals surface area contributed by atoms with E-state index in [1.807, 2.05) is 6.92 Å². The van der Waals surface area contributed by atoms with Crippen LogP contribution in [0.3, 0.4) is 0 Å². The number of carbonyl (C=O) groups is 1. The van der Waals surface area contributed by atoms with Crippen LogP contribution in [-0.4, -0.2) is 55.1 Å². The summed E-state index contributed by atoms with van der Waals surface area (Å²) in [5.41, 5.74) is -3.77. The minimum atomic E-state index is -4.76. The lowest BCUT2D eigenvalue weighted by Crippen LogP contribution is -2.45. The second-order valence-corrected chi connectivity index (χ2v) is 10.7. The summed E-state index contributed by atoms with van der Waals surface area (Å²) in [4.78, 5) is 14.1. The van der Waals surface area contributed by atoms with Crippen LogP contribution >= 0.6 is 0 Å². The summed E-state index contributed by atoms with van der Waals surface area (Å²) >= 11 is 0. The fourth-order valence-electron chi connectivity index (χ4n) is 3.83. The van der Waals surface area contributed by atoms with Crippen molar-refractivity contribution >= 4 is 27.7 Å². The molecule has 0 amide bonds. The lowest BCUT2D eigenvalue weighted by atomic mass is 9.93. The third kappa shape index (κ3) is 8.39. The summed E-state index contributed by atoms with van der Waals surface area (Å²) in [7, 11) is -4.49. The van der Waals surface area contributed by atoms with Gasteiger partial charge in [0.05, 0.1) is 24.6 Å². The number of ether oxygens (including phenoxy) is 1. The van der Waals surface area contributed by atoms with Gasteiger partial charge < -0.3 is 9.84 Å². The number of sulfonamides is 1. The summed E-state index contributed by atoms with van der Waals surface area (Å²) in [5.74, 6) is -0.867. The molecule has 16 heteroatoms. The molecule has 0 radical (unpaired) electrons. The Morgan fingerprint density at radius 1 is 1.10 bits per heavy atom. The van der Waals surface area contributed by atoms with Crippen molar-refractivity contribution in [1.82, 2.24) is 4.31 Å². The van der Waals surface area contributed by atoms with Gasteiger partial charge in [0.2, 0.25) is 27.7 Å². The van der Waals surface area contributed by atoms with E-state index in [1.165, 1.54) is 12.1 Å². The molecule has 1 N–H and O–H groups in total. The fourth-order valence-corrected chi connectivity index (χ4v) is 5.45. The summed E-state index contributed by atoms with van der Waals surface area (Å²) in [6, 6.07) is 5.24. The Bertz CT molecular complexity index is 1450. The number of carbonyl (C=O) groups excluding carboxylic acids is 1. The highest BCUT2D eigenvalue weighted by Crippen LogP contribution is 2.39. The van der Waals surface area contributed by atoms with Crippen LogP contribution in [-0.2, 0) is 21.0 Å². The summed E-state index contributed by atoms with van der Waals surface area (Å²) < 4.78 is 118. The van der Waals surface area contributed by atoms with Crippen LogP contribution in [0.1, 0.15) is 31.7 Å². The number of aldehydes is 1. The van der Waals surface area contributed by atoms with Crippen LogP contribution in [0.25, 0.3) is 9.69 Å². The number of alkyl halides is 6. The van der Waals surface area contributed by atoms with E-state index in [0.29, 0.717) is 25.0 Å². The van der Waals surface area contributed by atoms with Crippen LogP contribution in [0.2, 0.25) is 0 Å². The van der Waals surface area contributed by atoms with Crippen molar-refractivity contribution in [3.05, 3.63) is 70.6 Å². The molecule has 2 aromatic rings. The topological polar surface area (TPSA) is 92.6 Å². The standard InChI is InChI=1S/C23H21F4N3O4S.C2HF3O/c1-4-5-10-22(31)14-30(13-21(22)34-16-7-8-18(28-2)17(24)12-16)35(32,33)20-9-6-15(23(25,26)27)11-19(20)29-3;3-2(4,5)1-6/h6-9,11-12,21,31H,4-5,10,13-14H2,1H3;1H/t21-,22-;/m0./s1. The maximum Gasteiger partial charge on any atom is 0.446 e. The largest absolute Gasteiger partial charge is 0.486 e. The van der Waals surface area contributed by atoms with Gasteiger partial charge in [0.25, 0.3) is 0 Å². The zero-order chi connectivity index (χ0) is 31.2. The first kappa shape index (κ1) is 33.5. The highest BCUT2D eigenvalue weighted by molar-refractivity contribution is 7.89. The van der Waals surface area contributed by atoms with Gasteiger partial charge in [-0.05, 0) is 24.6 Å². The number of rotatable bonds is 7. The number of halogens is 7. The Labute approximate surface area is 230 Å². The summed E-state index contributed by atoms with van der Waals surface area (Å²) in [6.45, 7) is 15.2. The Morgan fingerprint density at radius 2 is 1.71 bits per heavy atom. The van der Waals surface area contributed by atoms with Gasteiger partial charge in [-0.15, -0.1) is 0 Å². The van der Waals surface area contributed by atoms with Crippen molar-refractivity contribution in [3.63, 3.8) is 0 Å². The monoisotopic (exact) mass is 609 g/mol.